The van der Waals surface area contributed by atoms with Crippen LogP contribution in [0.1, 0.15) is 17.0 Å². The molecule has 1 heterocycles. The van der Waals surface area contributed by atoms with Gasteiger partial charge in [-0.05, 0) is 42.3 Å². The third-order valence-electron chi connectivity index (χ3n) is 4.07. The molecule has 0 amide bonds. The molecule has 2 aliphatic rings. The molecule has 2 aromatic carbocycles. The van der Waals surface area contributed by atoms with E-state index in [1.54, 1.807) is 0 Å². The van der Waals surface area contributed by atoms with E-state index in [1.807, 2.05) is 6.08 Å². The number of nitrogens with zero attached hydrogens (tertiary/aromatic N) is 1. The van der Waals surface area contributed by atoms with E-state index in [-0.39, 0.29) is 5.92 Å². The maximum Gasteiger partial charge on any atom is 0.0719 e. The smallest absolute Gasteiger partial charge is 0.0719 e. The SMILES string of the molecule is Cc1ccc2c(c1)N(c1ccccc1)C1C=CC#CC21. The highest BCUT2D eigenvalue weighted by atomic mass is 15.2. The molecule has 0 saturated heterocycles. The van der Waals surface area contributed by atoms with Crippen LogP contribution in [-0.4, -0.2) is 6.04 Å². The standard InChI is InChI=1S/C19H15N/c1-14-11-12-17-16-9-5-6-10-18(16)20(19(17)13-14)15-7-3-2-4-8-15/h2-4,6-8,10-13,16,18H,1H3. The minimum absolute atomic E-state index is 0.288. The molecule has 0 aromatic heterocycles. The molecule has 0 N–H and O–H groups in total. The van der Waals surface area contributed by atoms with Crippen molar-refractivity contribution >= 4 is 11.4 Å². The summed E-state index contributed by atoms with van der Waals surface area (Å²) in [7, 11) is 0. The van der Waals surface area contributed by atoms with Crippen molar-refractivity contribution in [3.63, 3.8) is 0 Å². The summed E-state index contributed by atoms with van der Waals surface area (Å²) < 4.78 is 0. The van der Waals surface area contributed by atoms with Crippen LogP contribution in [0.15, 0.2) is 60.7 Å². The minimum atomic E-state index is 0.288. The number of allylic oxidation sites excluding steroid dienone is 1. The average Bonchev–Trinajstić information content (AvgIpc) is 2.81. The lowest BCUT2D eigenvalue weighted by Gasteiger charge is -2.27. The summed E-state index contributed by atoms with van der Waals surface area (Å²) in [5.41, 5.74) is 5.17. The molecule has 2 atom stereocenters. The molecule has 1 heteroatoms. The van der Waals surface area contributed by atoms with E-state index in [4.69, 9.17) is 0 Å². The van der Waals surface area contributed by atoms with Gasteiger partial charge in [0.2, 0.25) is 0 Å². The summed E-state index contributed by atoms with van der Waals surface area (Å²) in [6.07, 6.45) is 4.21. The Morgan fingerprint density at radius 1 is 1.05 bits per heavy atom. The molecule has 1 aliphatic heterocycles. The van der Waals surface area contributed by atoms with Crippen LogP contribution in [-0.2, 0) is 0 Å². The fourth-order valence-electron chi connectivity index (χ4n) is 3.16. The lowest BCUT2D eigenvalue weighted by Crippen LogP contribution is -2.28. The van der Waals surface area contributed by atoms with Crippen LogP contribution < -0.4 is 4.90 Å². The Labute approximate surface area is 119 Å². The predicted octanol–water partition coefficient (Wildman–Crippen LogP) is 4.17. The van der Waals surface area contributed by atoms with Gasteiger partial charge in [0.15, 0.2) is 0 Å². The Morgan fingerprint density at radius 3 is 2.75 bits per heavy atom. The number of rotatable bonds is 1. The van der Waals surface area contributed by atoms with Gasteiger partial charge >= 0.3 is 0 Å². The zero-order valence-corrected chi connectivity index (χ0v) is 11.4. The highest BCUT2D eigenvalue weighted by Crippen LogP contribution is 2.46. The Morgan fingerprint density at radius 2 is 1.90 bits per heavy atom. The van der Waals surface area contributed by atoms with Gasteiger partial charge in [-0.1, -0.05) is 48.2 Å². The zero-order chi connectivity index (χ0) is 13.5. The topological polar surface area (TPSA) is 3.24 Å². The van der Waals surface area contributed by atoms with Gasteiger partial charge < -0.3 is 4.90 Å². The quantitative estimate of drug-likeness (QED) is 0.693. The van der Waals surface area contributed by atoms with Crippen molar-refractivity contribution in [3.05, 3.63) is 71.8 Å². The molecule has 2 unspecified atom stereocenters. The first kappa shape index (κ1) is 11.4. The summed E-state index contributed by atoms with van der Waals surface area (Å²) in [6.45, 7) is 2.15. The molecule has 4 rings (SSSR count). The molecular formula is C19H15N. The molecule has 0 radical (unpaired) electrons. The third kappa shape index (κ3) is 1.58. The fraction of sp³-hybridized carbons (Fsp3) is 0.158. The fourth-order valence-corrected chi connectivity index (χ4v) is 3.16. The van der Waals surface area contributed by atoms with Crippen LogP contribution in [0.4, 0.5) is 11.4 Å². The van der Waals surface area contributed by atoms with Crippen LogP contribution in [0.2, 0.25) is 0 Å². The second-order valence-corrected chi connectivity index (χ2v) is 5.38. The van der Waals surface area contributed by atoms with Crippen LogP contribution in [0.5, 0.6) is 0 Å². The number of hydrogen-bond acceptors (Lipinski definition) is 1. The Kier molecular flexibility index (Phi) is 2.44. The van der Waals surface area contributed by atoms with E-state index < -0.39 is 0 Å². The lowest BCUT2D eigenvalue weighted by atomic mass is 9.92. The van der Waals surface area contributed by atoms with E-state index >= 15 is 0 Å². The summed E-state index contributed by atoms with van der Waals surface area (Å²) in [5.74, 6) is 6.79. The molecule has 0 saturated carbocycles. The average molecular weight is 257 g/mol. The van der Waals surface area contributed by atoms with Crippen LogP contribution in [0.25, 0.3) is 0 Å². The predicted molar refractivity (Wildman–Crippen MR) is 83.2 cm³/mol. The Balaban J connectivity index is 1.93. The summed E-state index contributed by atoms with van der Waals surface area (Å²) in [4.78, 5) is 2.41. The molecule has 1 nitrogen and oxygen atoms in total. The van der Waals surface area contributed by atoms with Crippen molar-refractivity contribution in [2.75, 3.05) is 4.90 Å². The van der Waals surface area contributed by atoms with Gasteiger partial charge in [-0.15, -0.1) is 0 Å². The van der Waals surface area contributed by atoms with Gasteiger partial charge in [-0.2, -0.15) is 0 Å². The normalized spacial score (nSPS) is 21.9. The number of anilines is 2. The van der Waals surface area contributed by atoms with Crippen molar-refractivity contribution < 1.29 is 0 Å². The first-order valence-corrected chi connectivity index (χ1v) is 6.97. The third-order valence-corrected chi connectivity index (χ3v) is 4.07. The molecule has 20 heavy (non-hydrogen) atoms. The molecule has 0 spiro atoms. The lowest BCUT2D eigenvalue weighted by molar-refractivity contribution is 0.766. The van der Waals surface area contributed by atoms with Crippen molar-refractivity contribution in [1.82, 2.24) is 0 Å². The monoisotopic (exact) mass is 257 g/mol. The molecule has 0 bridgehead atoms. The van der Waals surface area contributed by atoms with Gasteiger partial charge in [-0.3, -0.25) is 0 Å². The number of benzene rings is 2. The summed E-state index contributed by atoms with van der Waals surface area (Å²) >= 11 is 0. The van der Waals surface area contributed by atoms with Crippen LogP contribution in [0, 0.1) is 18.8 Å². The maximum atomic E-state index is 3.38. The van der Waals surface area contributed by atoms with E-state index in [2.05, 4.69) is 78.3 Å². The second kappa shape index (κ2) is 4.28. The van der Waals surface area contributed by atoms with Crippen molar-refractivity contribution in [3.8, 4) is 11.8 Å². The van der Waals surface area contributed by atoms with Gasteiger partial charge in [-0.25, -0.2) is 0 Å². The largest absolute Gasteiger partial charge is 0.333 e. The Hall–Kier alpha value is -2.46. The molecule has 96 valence electrons. The summed E-state index contributed by atoms with van der Waals surface area (Å²) in [5, 5.41) is 0. The molecule has 2 aromatic rings. The van der Waals surface area contributed by atoms with Crippen molar-refractivity contribution in [2.24, 2.45) is 0 Å². The van der Waals surface area contributed by atoms with Gasteiger partial charge in [0.1, 0.15) is 0 Å². The van der Waals surface area contributed by atoms with Crippen molar-refractivity contribution in [2.45, 2.75) is 18.9 Å². The second-order valence-electron chi connectivity index (χ2n) is 5.38. The minimum Gasteiger partial charge on any atom is -0.333 e. The highest BCUT2D eigenvalue weighted by molar-refractivity contribution is 5.76. The van der Waals surface area contributed by atoms with Gasteiger partial charge in [0.25, 0.3) is 0 Å². The molecule has 1 aliphatic carbocycles. The van der Waals surface area contributed by atoms with E-state index in [1.165, 1.54) is 22.5 Å². The molecular weight excluding hydrogens is 242 g/mol. The van der Waals surface area contributed by atoms with E-state index in [9.17, 15) is 0 Å². The van der Waals surface area contributed by atoms with E-state index in [0.717, 1.165) is 0 Å². The number of fused-ring (bicyclic) bond motifs is 3. The van der Waals surface area contributed by atoms with Crippen molar-refractivity contribution in [1.29, 1.82) is 0 Å². The first-order chi connectivity index (χ1) is 9.84. The van der Waals surface area contributed by atoms with Crippen LogP contribution >= 0.6 is 0 Å². The maximum absolute atomic E-state index is 3.38. The first-order valence-electron chi connectivity index (χ1n) is 6.97. The molecule has 0 fully saturated rings. The van der Waals surface area contributed by atoms with Gasteiger partial charge in [0.05, 0.1) is 12.0 Å². The van der Waals surface area contributed by atoms with Gasteiger partial charge in [0, 0.05) is 11.4 Å². The number of para-hydroxylation sites is 1. The highest BCUT2D eigenvalue weighted by Gasteiger charge is 2.37. The zero-order valence-electron chi connectivity index (χ0n) is 11.4. The Bertz CT molecular complexity index is 746. The number of aryl methyl sites for hydroxylation is 1. The van der Waals surface area contributed by atoms with Crippen LogP contribution in [0.3, 0.4) is 0 Å². The number of hydrogen-bond donors (Lipinski definition) is 0. The van der Waals surface area contributed by atoms with E-state index in [0.29, 0.717) is 6.04 Å². The summed E-state index contributed by atoms with van der Waals surface area (Å²) in [6, 6.07) is 17.6.